The molecule has 4 rings (SSSR count). The van der Waals surface area contributed by atoms with Crippen LogP contribution in [0.15, 0.2) is 48.7 Å². The van der Waals surface area contributed by atoms with Crippen LogP contribution in [0.3, 0.4) is 0 Å². The maximum Gasteiger partial charge on any atom is 0.322 e. The quantitative estimate of drug-likeness (QED) is 0.888. The largest absolute Gasteiger partial charge is 0.474 e. The molecule has 2 atom stereocenters. The van der Waals surface area contributed by atoms with E-state index in [-0.39, 0.29) is 24.2 Å². The van der Waals surface area contributed by atoms with E-state index in [4.69, 9.17) is 16.3 Å². The summed E-state index contributed by atoms with van der Waals surface area (Å²) in [6.07, 6.45) is 5.61. The van der Waals surface area contributed by atoms with Gasteiger partial charge in [0.2, 0.25) is 5.88 Å². The molecular formula is C19H20ClN3O2. The molecule has 130 valence electrons. The highest BCUT2D eigenvalue weighted by molar-refractivity contribution is 6.30. The van der Waals surface area contributed by atoms with Crippen LogP contribution in [0.2, 0.25) is 5.02 Å². The number of fused-ring (bicyclic) bond motifs is 2. The molecule has 1 aromatic carbocycles. The lowest BCUT2D eigenvalue weighted by atomic mass is 10.00. The molecule has 5 nitrogen and oxygen atoms in total. The van der Waals surface area contributed by atoms with E-state index in [9.17, 15) is 4.79 Å². The predicted octanol–water partition coefficient (Wildman–Crippen LogP) is 4.34. The zero-order chi connectivity index (χ0) is 17.2. The van der Waals surface area contributed by atoms with Crippen LogP contribution in [-0.2, 0) is 0 Å². The van der Waals surface area contributed by atoms with Crippen molar-refractivity contribution in [2.24, 2.45) is 0 Å². The summed E-state index contributed by atoms with van der Waals surface area (Å²) in [5.41, 5.74) is 0.764. The third kappa shape index (κ3) is 3.56. The van der Waals surface area contributed by atoms with Crippen molar-refractivity contribution in [3.8, 4) is 5.88 Å². The summed E-state index contributed by atoms with van der Waals surface area (Å²) < 4.78 is 6.01. The standard InChI is InChI=1S/C19H20ClN3O2/c20-13-4-6-14(7-5-13)22-19(24)23-15-8-9-16(23)12-17(11-15)25-18-3-1-2-10-21-18/h1-7,10,15-17H,8-9,11-12H2,(H,22,24). The summed E-state index contributed by atoms with van der Waals surface area (Å²) in [6, 6.07) is 13.3. The number of halogens is 1. The molecule has 2 bridgehead atoms. The summed E-state index contributed by atoms with van der Waals surface area (Å²) in [5, 5.41) is 3.64. The van der Waals surface area contributed by atoms with Crippen LogP contribution in [0.5, 0.6) is 5.88 Å². The number of ether oxygens (including phenoxy) is 1. The highest BCUT2D eigenvalue weighted by Gasteiger charge is 2.44. The van der Waals surface area contributed by atoms with Crippen molar-refractivity contribution in [1.29, 1.82) is 0 Å². The molecule has 2 saturated heterocycles. The van der Waals surface area contributed by atoms with Crippen molar-refractivity contribution in [3.05, 3.63) is 53.7 Å². The highest BCUT2D eigenvalue weighted by Crippen LogP contribution is 2.37. The van der Waals surface area contributed by atoms with Gasteiger partial charge in [0, 0.05) is 47.9 Å². The van der Waals surface area contributed by atoms with Gasteiger partial charge in [0.25, 0.3) is 0 Å². The second-order valence-electron chi connectivity index (χ2n) is 6.61. The van der Waals surface area contributed by atoms with E-state index in [1.165, 1.54) is 0 Å². The minimum absolute atomic E-state index is 0.0360. The molecule has 1 aromatic heterocycles. The Morgan fingerprint density at radius 3 is 2.48 bits per heavy atom. The lowest BCUT2D eigenvalue weighted by Crippen LogP contribution is -2.50. The van der Waals surface area contributed by atoms with Crippen LogP contribution in [0.25, 0.3) is 0 Å². The summed E-state index contributed by atoms with van der Waals surface area (Å²) >= 11 is 5.89. The molecule has 3 heterocycles. The second kappa shape index (κ2) is 6.92. The minimum Gasteiger partial charge on any atom is -0.474 e. The lowest BCUT2D eigenvalue weighted by molar-refractivity contribution is 0.0704. The predicted molar refractivity (Wildman–Crippen MR) is 97.0 cm³/mol. The fraction of sp³-hybridized carbons (Fsp3) is 0.368. The van der Waals surface area contributed by atoms with Crippen molar-refractivity contribution >= 4 is 23.3 Å². The molecule has 0 aliphatic carbocycles. The zero-order valence-corrected chi connectivity index (χ0v) is 14.5. The van der Waals surface area contributed by atoms with Crippen LogP contribution in [0.4, 0.5) is 10.5 Å². The molecule has 0 radical (unpaired) electrons. The number of anilines is 1. The Labute approximate surface area is 152 Å². The van der Waals surface area contributed by atoms with Gasteiger partial charge in [0.05, 0.1) is 0 Å². The number of urea groups is 1. The maximum absolute atomic E-state index is 12.7. The number of pyridine rings is 1. The number of carbonyl (C=O) groups excluding carboxylic acids is 1. The number of piperidine rings is 1. The number of nitrogens with one attached hydrogen (secondary N) is 1. The summed E-state index contributed by atoms with van der Waals surface area (Å²) in [6.45, 7) is 0. The SMILES string of the molecule is O=C(Nc1ccc(Cl)cc1)N1C2CCC1CC(Oc1ccccn1)C2. The van der Waals surface area contributed by atoms with E-state index in [0.29, 0.717) is 10.9 Å². The summed E-state index contributed by atoms with van der Waals surface area (Å²) in [7, 11) is 0. The maximum atomic E-state index is 12.7. The van der Waals surface area contributed by atoms with E-state index in [1.807, 2.05) is 35.2 Å². The average Bonchev–Trinajstić information content (AvgIpc) is 2.89. The van der Waals surface area contributed by atoms with E-state index < -0.39 is 0 Å². The zero-order valence-electron chi connectivity index (χ0n) is 13.8. The number of aromatic nitrogens is 1. The van der Waals surface area contributed by atoms with E-state index in [0.717, 1.165) is 31.4 Å². The minimum atomic E-state index is -0.0360. The number of hydrogen-bond donors (Lipinski definition) is 1. The number of benzene rings is 1. The molecule has 6 heteroatoms. The fourth-order valence-corrected chi connectivity index (χ4v) is 3.99. The molecule has 2 aromatic rings. The van der Waals surface area contributed by atoms with Gasteiger partial charge in [0.15, 0.2) is 0 Å². The average molecular weight is 358 g/mol. The van der Waals surface area contributed by atoms with Crippen LogP contribution in [0, 0.1) is 0 Å². The van der Waals surface area contributed by atoms with E-state index in [1.54, 1.807) is 18.3 Å². The third-order valence-electron chi connectivity index (χ3n) is 4.95. The van der Waals surface area contributed by atoms with Gasteiger partial charge in [0.1, 0.15) is 6.10 Å². The molecule has 2 aliphatic heterocycles. The Balaban J connectivity index is 1.40. The van der Waals surface area contributed by atoms with Gasteiger partial charge in [-0.05, 0) is 43.2 Å². The first-order valence-corrected chi connectivity index (χ1v) is 8.99. The highest BCUT2D eigenvalue weighted by atomic mass is 35.5. The van der Waals surface area contributed by atoms with Crippen molar-refractivity contribution in [2.75, 3.05) is 5.32 Å². The normalized spacial score (nSPS) is 24.8. The van der Waals surface area contributed by atoms with Crippen LogP contribution in [-0.4, -0.2) is 34.1 Å². The van der Waals surface area contributed by atoms with Gasteiger partial charge in [-0.2, -0.15) is 0 Å². The number of amides is 2. The van der Waals surface area contributed by atoms with E-state index >= 15 is 0 Å². The number of hydrogen-bond acceptors (Lipinski definition) is 3. The Morgan fingerprint density at radius 1 is 1.12 bits per heavy atom. The molecule has 25 heavy (non-hydrogen) atoms. The Kier molecular flexibility index (Phi) is 4.49. The Bertz CT molecular complexity index is 724. The van der Waals surface area contributed by atoms with Crippen LogP contribution >= 0.6 is 11.6 Å². The van der Waals surface area contributed by atoms with Gasteiger partial charge in [-0.15, -0.1) is 0 Å². The van der Waals surface area contributed by atoms with Gasteiger partial charge < -0.3 is 15.0 Å². The Morgan fingerprint density at radius 2 is 1.84 bits per heavy atom. The molecule has 2 aliphatic rings. The van der Waals surface area contributed by atoms with Gasteiger partial charge >= 0.3 is 6.03 Å². The van der Waals surface area contributed by atoms with Gasteiger partial charge in [-0.1, -0.05) is 17.7 Å². The van der Waals surface area contributed by atoms with Crippen LogP contribution < -0.4 is 10.1 Å². The van der Waals surface area contributed by atoms with Crippen molar-refractivity contribution in [2.45, 2.75) is 43.9 Å². The van der Waals surface area contributed by atoms with Crippen molar-refractivity contribution in [1.82, 2.24) is 9.88 Å². The summed E-state index contributed by atoms with van der Waals surface area (Å²) in [5.74, 6) is 0.658. The smallest absolute Gasteiger partial charge is 0.322 e. The van der Waals surface area contributed by atoms with Crippen LogP contribution in [0.1, 0.15) is 25.7 Å². The van der Waals surface area contributed by atoms with E-state index in [2.05, 4.69) is 10.3 Å². The van der Waals surface area contributed by atoms with Crippen molar-refractivity contribution in [3.63, 3.8) is 0 Å². The molecule has 2 amide bonds. The summed E-state index contributed by atoms with van der Waals surface area (Å²) in [4.78, 5) is 18.9. The number of carbonyl (C=O) groups is 1. The molecule has 0 spiro atoms. The molecule has 0 saturated carbocycles. The first-order valence-electron chi connectivity index (χ1n) is 8.61. The van der Waals surface area contributed by atoms with Crippen molar-refractivity contribution < 1.29 is 9.53 Å². The molecule has 2 unspecified atom stereocenters. The van der Waals surface area contributed by atoms with Gasteiger partial charge in [-0.25, -0.2) is 9.78 Å². The fourth-order valence-electron chi connectivity index (χ4n) is 3.86. The third-order valence-corrected chi connectivity index (χ3v) is 5.20. The first-order chi connectivity index (χ1) is 12.2. The first kappa shape index (κ1) is 16.2. The lowest BCUT2D eigenvalue weighted by Gasteiger charge is -2.38. The molecular weight excluding hydrogens is 338 g/mol. The number of nitrogens with zero attached hydrogens (tertiary/aromatic N) is 2. The monoisotopic (exact) mass is 357 g/mol. The van der Waals surface area contributed by atoms with Gasteiger partial charge in [-0.3, -0.25) is 0 Å². The number of rotatable bonds is 3. The Hall–Kier alpha value is -2.27. The molecule has 2 fully saturated rings. The molecule has 1 N–H and O–H groups in total. The topological polar surface area (TPSA) is 54.5 Å². The second-order valence-corrected chi connectivity index (χ2v) is 7.04.